The summed E-state index contributed by atoms with van der Waals surface area (Å²) < 4.78 is 10.1. The number of morpholine rings is 1. The van der Waals surface area contributed by atoms with Crippen molar-refractivity contribution in [3.63, 3.8) is 0 Å². The molecule has 0 aromatic carbocycles. The topological polar surface area (TPSA) is 42.4 Å². The lowest BCUT2D eigenvalue weighted by Crippen LogP contribution is -2.54. The summed E-state index contributed by atoms with van der Waals surface area (Å²) in [5, 5.41) is 1.85. The first-order chi connectivity index (χ1) is 8.79. The van der Waals surface area contributed by atoms with E-state index in [1.807, 2.05) is 10.3 Å². The van der Waals surface area contributed by atoms with Gasteiger partial charge in [0, 0.05) is 11.9 Å². The Hall–Kier alpha value is -0.940. The van der Waals surface area contributed by atoms with Crippen LogP contribution in [-0.4, -0.2) is 40.5 Å². The molecule has 1 amide bonds. The molecule has 1 saturated carbocycles. The molecule has 3 rings (SSSR count). The maximum absolute atomic E-state index is 12.3. The molecule has 0 N–H and O–H groups in total. The van der Waals surface area contributed by atoms with Gasteiger partial charge in [0.25, 0.3) is 5.91 Å². The Balaban J connectivity index is 1.72. The summed E-state index contributed by atoms with van der Waals surface area (Å²) in [5.41, 5.74) is 0.509. The summed E-state index contributed by atoms with van der Waals surface area (Å²) in [6, 6.07) is 1.80. The molecule has 1 aliphatic heterocycles. The Morgan fingerprint density at radius 1 is 1.39 bits per heavy atom. The Morgan fingerprint density at radius 2 is 2.22 bits per heavy atom. The number of aromatic nitrogens is 1. The van der Waals surface area contributed by atoms with Crippen molar-refractivity contribution >= 4 is 17.4 Å². The number of amides is 1. The number of ether oxygens (including phenoxy) is 1. The molecule has 0 bridgehead atoms. The summed E-state index contributed by atoms with van der Waals surface area (Å²) >= 11 is 1.33. The minimum absolute atomic E-state index is 0.0597. The van der Waals surface area contributed by atoms with Gasteiger partial charge in [-0.15, -0.1) is 0 Å². The molecule has 1 aromatic rings. The van der Waals surface area contributed by atoms with Crippen molar-refractivity contribution in [2.45, 2.75) is 37.7 Å². The highest BCUT2D eigenvalue weighted by atomic mass is 32.1. The van der Waals surface area contributed by atoms with Gasteiger partial charge in [0.2, 0.25) is 0 Å². The number of carbonyl (C=O) groups excluding carboxylic acids is 1. The van der Waals surface area contributed by atoms with E-state index in [2.05, 4.69) is 4.37 Å². The second-order valence-corrected chi connectivity index (χ2v) is 5.87. The van der Waals surface area contributed by atoms with Crippen LogP contribution >= 0.6 is 11.5 Å². The Labute approximate surface area is 111 Å². The van der Waals surface area contributed by atoms with Gasteiger partial charge in [-0.3, -0.25) is 4.79 Å². The normalized spacial score (nSPS) is 23.2. The zero-order valence-corrected chi connectivity index (χ0v) is 11.2. The van der Waals surface area contributed by atoms with Crippen LogP contribution in [0, 0.1) is 0 Å². The predicted molar refractivity (Wildman–Crippen MR) is 69.8 cm³/mol. The average Bonchev–Trinajstić information content (AvgIpc) is 2.93. The van der Waals surface area contributed by atoms with Crippen LogP contribution in [0.5, 0.6) is 0 Å². The maximum atomic E-state index is 12.3. The van der Waals surface area contributed by atoms with E-state index in [1.165, 1.54) is 30.8 Å². The minimum Gasteiger partial charge on any atom is -0.371 e. The van der Waals surface area contributed by atoms with Gasteiger partial charge in [-0.1, -0.05) is 19.3 Å². The zero-order chi connectivity index (χ0) is 12.4. The third-order valence-electron chi connectivity index (χ3n) is 3.96. The van der Waals surface area contributed by atoms with E-state index in [-0.39, 0.29) is 11.5 Å². The van der Waals surface area contributed by atoms with Crippen molar-refractivity contribution in [3.8, 4) is 0 Å². The van der Waals surface area contributed by atoms with E-state index in [4.69, 9.17) is 4.74 Å². The van der Waals surface area contributed by atoms with E-state index >= 15 is 0 Å². The van der Waals surface area contributed by atoms with Gasteiger partial charge in [-0.25, -0.2) is 0 Å². The van der Waals surface area contributed by atoms with E-state index in [1.54, 1.807) is 6.07 Å². The highest BCUT2D eigenvalue weighted by molar-refractivity contribution is 7.03. The van der Waals surface area contributed by atoms with Crippen molar-refractivity contribution in [3.05, 3.63) is 17.1 Å². The Bertz CT molecular complexity index is 407. The fraction of sp³-hybridized carbons (Fsp3) is 0.692. The first-order valence-corrected chi connectivity index (χ1v) is 7.46. The lowest BCUT2D eigenvalue weighted by atomic mass is 9.83. The fourth-order valence-corrected chi connectivity index (χ4v) is 3.50. The van der Waals surface area contributed by atoms with Gasteiger partial charge >= 0.3 is 0 Å². The SMILES string of the molecule is O=C(c1ccsn1)N1CCOC2(CCCCC2)C1. The standard InChI is InChI=1S/C13H18N2O2S/c16-12(11-4-9-18-14-11)15-7-8-17-13(10-15)5-2-1-3-6-13/h4,9H,1-3,5-8,10H2. The van der Waals surface area contributed by atoms with Crippen LogP contribution in [-0.2, 0) is 4.74 Å². The van der Waals surface area contributed by atoms with Crippen molar-refractivity contribution in [1.29, 1.82) is 0 Å². The molecular formula is C13H18N2O2S. The fourth-order valence-electron chi connectivity index (χ4n) is 3.00. The number of rotatable bonds is 1. The van der Waals surface area contributed by atoms with Gasteiger partial charge in [0.05, 0.1) is 18.8 Å². The summed E-state index contributed by atoms with van der Waals surface area (Å²) in [6.45, 7) is 2.09. The molecule has 98 valence electrons. The molecule has 18 heavy (non-hydrogen) atoms. The Kier molecular flexibility index (Phi) is 3.35. The first kappa shape index (κ1) is 12.1. The molecule has 0 unspecified atom stereocenters. The Morgan fingerprint density at radius 3 is 2.94 bits per heavy atom. The number of nitrogens with zero attached hydrogens (tertiary/aromatic N) is 2. The molecule has 4 nitrogen and oxygen atoms in total. The van der Waals surface area contributed by atoms with E-state index < -0.39 is 0 Å². The summed E-state index contributed by atoms with van der Waals surface area (Å²) in [6.07, 6.45) is 5.92. The minimum atomic E-state index is -0.0673. The largest absolute Gasteiger partial charge is 0.371 e. The molecule has 1 aliphatic carbocycles. The van der Waals surface area contributed by atoms with Gasteiger partial charge in [0.15, 0.2) is 0 Å². The smallest absolute Gasteiger partial charge is 0.273 e. The lowest BCUT2D eigenvalue weighted by molar-refractivity contribution is -0.117. The van der Waals surface area contributed by atoms with Crippen LogP contribution in [0.15, 0.2) is 11.4 Å². The van der Waals surface area contributed by atoms with Crippen LogP contribution in [0.3, 0.4) is 0 Å². The van der Waals surface area contributed by atoms with Crippen LogP contribution in [0.1, 0.15) is 42.6 Å². The molecule has 1 aromatic heterocycles. The second-order valence-electron chi connectivity index (χ2n) is 5.20. The van der Waals surface area contributed by atoms with Gasteiger partial charge in [-0.2, -0.15) is 4.37 Å². The molecular weight excluding hydrogens is 248 g/mol. The van der Waals surface area contributed by atoms with E-state index in [9.17, 15) is 4.79 Å². The first-order valence-electron chi connectivity index (χ1n) is 6.63. The second kappa shape index (κ2) is 4.97. The lowest BCUT2D eigenvalue weighted by Gasteiger charge is -2.44. The summed E-state index contributed by atoms with van der Waals surface area (Å²) in [5.74, 6) is 0.0597. The molecule has 0 atom stereocenters. The molecule has 2 heterocycles. The maximum Gasteiger partial charge on any atom is 0.273 e. The summed E-state index contributed by atoms with van der Waals surface area (Å²) in [7, 11) is 0. The average molecular weight is 266 g/mol. The number of hydrogen-bond acceptors (Lipinski definition) is 4. The van der Waals surface area contributed by atoms with Crippen LogP contribution in [0.2, 0.25) is 0 Å². The van der Waals surface area contributed by atoms with E-state index in [0.29, 0.717) is 18.8 Å². The molecule has 2 fully saturated rings. The van der Waals surface area contributed by atoms with Gasteiger partial charge < -0.3 is 9.64 Å². The monoisotopic (exact) mass is 266 g/mol. The van der Waals surface area contributed by atoms with Crippen LogP contribution in [0.25, 0.3) is 0 Å². The molecule has 5 heteroatoms. The number of hydrogen-bond donors (Lipinski definition) is 0. The molecule has 2 aliphatic rings. The van der Waals surface area contributed by atoms with Crippen molar-refractivity contribution in [2.24, 2.45) is 0 Å². The van der Waals surface area contributed by atoms with Crippen LogP contribution in [0.4, 0.5) is 0 Å². The van der Waals surface area contributed by atoms with Gasteiger partial charge in [0.1, 0.15) is 5.69 Å². The van der Waals surface area contributed by atoms with Crippen molar-refractivity contribution < 1.29 is 9.53 Å². The molecule has 1 saturated heterocycles. The van der Waals surface area contributed by atoms with E-state index in [0.717, 1.165) is 19.4 Å². The third kappa shape index (κ3) is 2.29. The van der Waals surface area contributed by atoms with Crippen molar-refractivity contribution in [1.82, 2.24) is 9.27 Å². The zero-order valence-electron chi connectivity index (χ0n) is 10.4. The van der Waals surface area contributed by atoms with Gasteiger partial charge in [-0.05, 0) is 30.4 Å². The predicted octanol–water partition coefficient (Wildman–Crippen LogP) is 2.32. The van der Waals surface area contributed by atoms with Crippen LogP contribution < -0.4 is 0 Å². The molecule has 0 radical (unpaired) electrons. The number of carbonyl (C=O) groups is 1. The summed E-state index contributed by atoms with van der Waals surface area (Å²) in [4.78, 5) is 14.2. The highest BCUT2D eigenvalue weighted by Crippen LogP contribution is 2.34. The molecule has 1 spiro atoms. The third-order valence-corrected chi connectivity index (χ3v) is 4.52. The highest BCUT2D eigenvalue weighted by Gasteiger charge is 2.39. The van der Waals surface area contributed by atoms with Crippen molar-refractivity contribution in [2.75, 3.05) is 19.7 Å². The quantitative estimate of drug-likeness (QED) is 0.783.